The number of nitrogens with one attached hydrogen (secondary N) is 1. The molecular weight excluding hydrogens is 504 g/mol. The van der Waals surface area contributed by atoms with E-state index in [-0.39, 0.29) is 12.2 Å². The summed E-state index contributed by atoms with van der Waals surface area (Å²) in [6, 6.07) is 10.9. The fraction of sp³-hybridized carbons (Fsp3) is 0.190. The van der Waals surface area contributed by atoms with Crippen molar-refractivity contribution in [1.82, 2.24) is 0 Å². The predicted molar refractivity (Wildman–Crippen MR) is 117 cm³/mol. The zero-order valence-corrected chi connectivity index (χ0v) is 19.2. The maximum Gasteiger partial charge on any atom is 0.343 e. The van der Waals surface area contributed by atoms with Gasteiger partial charge >= 0.3 is 5.97 Å². The Kier molecular flexibility index (Phi) is 8.00. The minimum Gasteiger partial charge on any atom is -0.480 e. The Morgan fingerprint density at radius 1 is 1.17 bits per heavy atom. The van der Waals surface area contributed by atoms with E-state index in [1.54, 1.807) is 18.2 Å². The molecule has 2 rings (SSSR count). The summed E-state index contributed by atoms with van der Waals surface area (Å²) in [4.78, 5) is 23.8. The van der Waals surface area contributed by atoms with Gasteiger partial charge in [0.05, 0.1) is 16.1 Å². The maximum atomic E-state index is 12.5. The van der Waals surface area contributed by atoms with Crippen molar-refractivity contribution in [2.75, 3.05) is 19.0 Å². The first-order chi connectivity index (χ1) is 13.7. The molecular formula is C21H18Br2N2O4. The number of aryl methyl sites for hydroxylation is 2. The van der Waals surface area contributed by atoms with Gasteiger partial charge in [-0.05, 0) is 81.1 Å². The van der Waals surface area contributed by atoms with E-state index >= 15 is 0 Å². The van der Waals surface area contributed by atoms with Gasteiger partial charge in [-0.15, -0.1) is 0 Å². The molecule has 0 saturated carbocycles. The van der Waals surface area contributed by atoms with Gasteiger partial charge < -0.3 is 14.8 Å². The normalized spacial score (nSPS) is 10.8. The number of carbonyl (C=O) groups excluding carboxylic acids is 2. The minimum atomic E-state index is -0.511. The lowest BCUT2D eigenvalue weighted by Crippen LogP contribution is -2.14. The van der Waals surface area contributed by atoms with E-state index in [2.05, 4.69) is 41.9 Å². The van der Waals surface area contributed by atoms with Crippen molar-refractivity contribution in [3.8, 4) is 11.8 Å². The van der Waals surface area contributed by atoms with Crippen LogP contribution in [0.1, 0.15) is 16.7 Å². The number of esters is 1. The fourth-order valence-electron chi connectivity index (χ4n) is 2.45. The number of hydrogen-bond acceptors (Lipinski definition) is 5. The third kappa shape index (κ3) is 6.17. The van der Waals surface area contributed by atoms with Crippen molar-refractivity contribution < 1.29 is 19.1 Å². The molecule has 29 heavy (non-hydrogen) atoms. The van der Waals surface area contributed by atoms with Gasteiger partial charge in [0.25, 0.3) is 5.91 Å². The van der Waals surface area contributed by atoms with Crippen LogP contribution < -0.4 is 10.1 Å². The molecule has 2 aromatic rings. The molecule has 0 fully saturated rings. The van der Waals surface area contributed by atoms with Crippen molar-refractivity contribution >= 4 is 55.5 Å². The Morgan fingerprint density at radius 2 is 1.83 bits per heavy atom. The standard InChI is InChI=1S/C21H18Br2N2O4/c1-12-4-5-18(13(2)6-12)25-21(27)15(10-24)7-14-8-16(22)20(17(23)9-14)29-11-19(26)28-3/h4-9H,11H2,1-3H3,(H,25,27)/b15-7+. The Labute approximate surface area is 185 Å². The molecule has 0 aliphatic carbocycles. The lowest BCUT2D eigenvalue weighted by atomic mass is 10.1. The van der Waals surface area contributed by atoms with Crippen LogP contribution in [0.3, 0.4) is 0 Å². The molecule has 150 valence electrons. The molecule has 0 spiro atoms. The van der Waals surface area contributed by atoms with Crippen LogP contribution >= 0.6 is 31.9 Å². The highest BCUT2D eigenvalue weighted by Crippen LogP contribution is 2.35. The summed E-state index contributed by atoms with van der Waals surface area (Å²) in [6.07, 6.45) is 1.47. The second-order valence-corrected chi connectivity index (χ2v) is 7.83. The second kappa shape index (κ2) is 10.2. The molecule has 0 aliphatic rings. The Morgan fingerprint density at radius 3 is 2.38 bits per heavy atom. The Hall–Kier alpha value is -2.63. The molecule has 0 bridgehead atoms. The van der Waals surface area contributed by atoms with Gasteiger partial charge in [0.2, 0.25) is 0 Å². The first kappa shape index (κ1) is 22.7. The smallest absolute Gasteiger partial charge is 0.343 e. The Bertz CT molecular complexity index is 1000. The Balaban J connectivity index is 2.24. The number of carbonyl (C=O) groups is 2. The summed E-state index contributed by atoms with van der Waals surface area (Å²) >= 11 is 6.74. The summed E-state index contributed by atoms with van der Waals surface area (Å²) in [5, 5.41) is 12.2. The third-order valence-electron chi connectivity index (χ3n) is 3.89. The molecule has 0 unspecified atom stereocenters. The van der Waals surface area contributed by atoms with Gasteiger partial charge in [0, 0.05) is 5.69 Å². The van der Waals surface area contributed by atoms with Crippen molar-refractivity contribution in [2.45, 2.75) is 13.8 Å². The lowest BCUT2D eigenvalue weighted by molar-refractivity contribution is -0.142. The lowest BCUT2D eigenvalue weighted by Gasteiger charge is -2.11. The number of methoxy groups -OCH3 is 1. The first-order valence-corrected chi connectivity index (χ1v) is 10.0. The van der Waals surface area contributed by atoms with E-state index in [4.69, 9.17) is 4.74 Å². The van der Waals surface area contributed by atoms with Crippen LogP contribution in [0, 0.1) is 25.2 Å². The highest BCUT2D eigenvalue weighted by molar-refractivity contribution is 9.11. The van der Waals surface area contributed by atoms with Crippen molar-refractivity contribution in [2.24, 2.45) is 0 Å². The topological polar surface area (TPSA) is 88.4 Å². The average molecular weight is 522 g/mol. The van der Waals surface area contributed by atoms with E-state index in [1.807, 2.05) is 32.0 Å². The second-order valence-electron chi connectivity index (χ2n) is 6.12. The number of amides is 1. The number of nitrogens with zero attached hydrogens (tertiary/aromatic N) is 1. The molecule has 0 aliphatic heterocycles. The number of benzene rings is 2. The van der Waals surface area contributed by atoms with E-state index in [1.165, 1.54) is 13.2 Å². The number of rotatable bonds is 6. The number of nitriles is 1. The zero-order chi connectivity index (χ0) is 21.6. The fourth-order valence-corrected chi connectivity index (χ4v) is 3.90. The summed E-state index contributed by atoms with van der Waals surface area (Å²) in [5.74, 6) is -0.605. The van der Waals surface area contributed by atoms with Crippen molar-refractivity contribution in [3.05, 3.63) is 61.5 Å². The maximum absolute atomic E-state index is 12.5. The number of ether oxygens (including phenoxy) is 2. The summed E-state index contributed by atoms with van der Waals surface area (Å²) in [6.45, 7) is 3.61. The van der Waals surface area contributed by atoms with Gasteiger partial charge in [0.15, 0.2) is 6.61 Å². The summed E-state index contributed by atoms with van der Waals surface area (Å²) in [7, 11) is 1.27. The minimum absolute atomic E-state index is 0.0491. The zero-order valence-electron chi connectivity index (χ0n) is 16.0. The predicted octanol–water partition coefficient (Wildman–Crippen LogP) is 4.93. The van der Waals surface area contributed by atoms with Crippen LogP contribution in [-0.2, 0) is 14.3 Å². The van der Waals surface area contributed by atoms with Gasteiger partial charge in [-0.2, -0.15) is 5.26 Å². The van der Waals surface area contributed by atoms with Crippen LogP contribution in [0.4, 0.5) is 5.69 Å². The van der Waals surface area contributed by atoms with Crippen molar-refractivity contribution in [1.29, 1.82) is 5.26 Å². The molecule has 2 aromatic carbocycles. The quantitative estimate of drug-likeness (QED) is 0.331. The number of anilines is 1. The molecule has 0 saturated heterocycles. The SMILES string of the molecule is COC(=O)COc1c(Br)cc(/C=C(\C#N)C(=O)Nc2ccc(C)cc2C)cc1Br. The highest BCUT2D eigenvalue weighted by Gasteiger charge is 2.14. The first-order valence-electron chi connectivity index (χ1n) is 8.44. The molecule has 0 radical (unpaired) electrons. The van der Waals surface area contributed by atoms with Gasteiger partial charge in [-0.25, -0.2) is 4.79 Å². The largest absolute Gasteiger partial charge is 0.480 e. The summed E-state index contributed by atoms with van der Waals surface area (Å²) < 4.78 is 11.1. The molecule has 1 amide bonds. The van der Waals surface area contributed by atoms with Gasteiger partial charge in [0.1, 0.15) is 17.4 Å². The monoisotopic (exact) mass is 520 g/mol. The third-order valence-corrected chi connectivity index (χ3v) is 5.07. The summed E-state index contributed by atoms with van der Waals surface area (Å²) in [5.41, 5.74) is 3.19. The number of hydrogen-bond donors (Lipinski definition) is 1. The number of halogens is 2. The van der Waals surface area contributed by atoms with E-state index in [0.29, 0.717) is 25.9 Å². The molecule has 8 heteroatoms. The van der Waals surface area contributed by atoms with Gasteiger partial charge in [-0.1, -0.05) is 17.7 Å². The van der Waals surface area contributed by atoms with Crippen LogP contribution in [0.5, 0.6) is 5.75 Å². The van der Waals surface area contributed by atoms with E-state index in [0.717, 1.165) is 11.1 Å². The molecule has 0 aromatic heterocycles. The van der Waals surface area contributed by atoms with Crippen molar-refractivity contribution in [3.63, 3.8) is 0 Å². The molecule has 0 heterocycles. The molecule has 1 N–H and O–H groups in total. The highest BCUT2D eigenvalue weighted by atomic mass is 79.9. The van der Waals surface area contributed by atoms with E-state index in [9.17, 15) is 14.9 Å². The molecule has 0 atom stereocenters. The van der Waals surface area contributed by atoms with E-state index < -0.39 is 11.9 Å². The van der Waals surface area contributed by atoms with Crippen LogP contribution in [-0.4, -0.2) is 25.6 Å². The molecule has 6 nitrogen and oxygen atoms in total. The van der Waals surface area contributed by atoms with Crippen LogP contribution in [0.2, 0.25) is 0 Å². The average Bonchev–Trinajstić information content (AvgIpc) is 2.67. The van der Waals surface area contributed by atoms with Gasteiger partial charge in [-0.3, -0.25) is 4.79 Å². The van der Waals surface area contributed by atoms with Crippen LogP contribution in [0.25, 0.3) is 6.08 Å². The van der Waals surface area contributed by atoms with Crippen LogP contribution in [0.15, 0.2) is 44.9 Å².